The van der Waals surface area contributed by atoms with E-state index in [2.05, 4.69) is 19.1 Å². The molecule has 1 atom stereocenters. The molecule has 0 aromatic carbocycles. The summed E-state index contributed by atoms with van der Waals surface area (Å²) >= 11 is 0. The van der Waals surface area contributed by atoms with Gasteiger partial charge in [0.1, 0.15) is 12.7 Å². The molecule has 0 aromatic rings. The Labute approximate surface area is 154 Å². The molecule has 148 valence electrons. The Balaban J connectivity index is 3.21. The molecule has 0 bridgehead atoms. The monoisotopic (exact) mass is 356 g/mol. The first-order valence-electron chi connectivity index (χ1n) is 10.3. The Hall–Kier alpha value is -0.870. The van der Waals surface area contributed by atoms with E-state index in [1.807, 2.05) is 0 Å². The van der Waals surface area contributed by atoms with Crippen LogP contribution in [0.1, 0.15) is 96.8 Å². The van der Waals surface area contributed by atoms with Crippen LogP contribution in [0.5, 0.6) is 0 Å². The van der Waals surface area contributed by atoms with E-state index in [1.54, 1.807) is 0 Å². The second kappa shape index (κ2) is 19.5. The van der Waals surface area contributed by atoms with Crippen LogP contribution in [-0.4, -0.2) is 35.5 Å². The van der Waals surface area contributed by atoms with Crippen molar-refractivity contribution in [3.05, 3.63) is 12.2 Å². The van der Waals surface area contributed by atoms with Crippen LogP contribution in [0, 0.1) is 0 Å². The molecule has 0 aliphatic rings. The van der Waals surface area contributed by atoms with Gasteiger partial charge in [-0.25, -0.2) is 0 Å². The molecule has 0 aromatic heterocycles. The molecule has 0 spiro atoms. The Kier molecular flexibility index (Phi) is 18.8. The first kappa shape index (κ1) is 24.1. The molecule has 0 saturated carbocycles. The molecule has 1 unspecified atom stereocenters. The largest absolute Gasteiger partial charge is 0.463 e. The van der Waals surface area contributed by atoms with Crippen LogP contribution >= 0.6 is 0 Å². The first-order chi connectivity index (χ1) is 12.2. The highest BCUT2D eigenvalue weighted by Gasteiger charge is 2.07. The smallest absolute Gasteiger partial charge is 0.305 e. The number of hydrogen-bond donors (Lipinski definition) is 2. The van der Waals surface area contributed by atoms with E-state index in [0.717, 1.165) is 12.8 Å². The van der Waals surface area contributed by atoms with Gasteiger partial charge in [-0.2, -0.15) is 0 Å². The third-order valence-corrected chi connectivity index (χ3v) is 4.29. The predicted molar refractivity (Wildman–Crippen MR) is 104 cm³/mol. The number of allylic oxidation sites excluding steroid dienone is 2. The number of aliphatic hydroxyl groups is 2. The van der Waals surface area contributed by atoms with E-state index in [1.165, 1.54) is 70.6 Å². The van der Waals surface area contributed by atoms with E-state index in [9.17, 15) is 4.79 Å². The highest BCUT2D eigenvalue weighted by Crippen LogP contribution is 2.11. The minimum atomic E-state index is -0.958. The summed E-state index contributed by atoms with van der Waals surface area (Å²) in [5, 5.41) is 17.7. The van der Waals surface area contributed by atoms with Crippen molar-refractivity contribution in [3.63, 3.8) is 0 Å². The maximum absolute atomic E-state index is 11.4. The molecular weight excluding hydrogens is 316 g/mol. The summed E-state index contributed by atoms with van der Waals surface area (Å²) in [6.45, 7) is 1.77. The number of carbonyl (C=O) groups excluding carboxylic acids is 1. The van der Waals surface area contributed by atoms with E-state index in [0.29, 0.717) is 6.42 Å². The second-order valence-corrected chi connectivity index (χ2v) is 6.85. The fourth-order valence-electron chi connectivity index (χ4n) is 2.65. The average Bonchev–Trinajstić information content (AvgIpc) is 2.62. The number of carbonyl (C=O) groups is 1. The van der Waals surface area contributed by atoms with Crippen LogP contribution in [0.4, 0.5) is 0 Å². The van der Waals surface area contributed by atoms with E-state index in [4.69, 9.17) is 14.9 Å². The topological polar surface area (TPSA) is 66.8 Å². The minimum absolute atomic E-state index is 0.109. The zero-order chi connectivity index (χ0) is 18.6. The molecule has 0 heterocycles. The maximum atomic E-state index is 11.4. The molecule has 0 radical (unpaired) electrons. The number of rotatable bonds is 18. The lowest BCUT2D eigenvalue weighted by atomic mass is 10.1. The molecule has 0 saturated heterocycles. The van der Waals surface area contributed by atoms with Gasteiger partial charge in [-0.05, 0) is 32.1 Å². The van der Waals surface area contributed by atoms with Gasteiger partial charge < -0.3 is 14.9 Å². The summed E-state index contributed by atoms with van der Waals surface area (Å²) in [6, 6.07) is 0. The normalized spacial score (nSPS) is 12.6. The highest BCUT2D eigenvalue weighted by atomic mass is 16.5. The quantitative estimate of drug-likeness (QED) is 0.208. The van der Waals surface area contributed by atoms with Gasteiger partial charge in [0.05, 0.1) is 6.61 Å². The number of aliphatic hydroxyl groups excluding tert-OH is 2. The fourth-order valence-corrected chi connectivity index (χ4v) is 2.65. The number of hydrogen-bond acceptors (Lipinski definition) is 4. The van der Waals surface area contributed by atoms with Crippen LogP contribution in [0.2, 0.25) is 0 Å². The van der Waals surface area contributed by atoms with E-state index < -0.39 is 6.10 Å². The maximum Gasteiger partial charge on any atom is 0.305 e. The standard InChI is InChI=1S/C21H40O4/c1-2-3-4-5-6-7-8-9-10-11-12-13-14-15-16-17-21(24)25-19-20(23)18-22/h7-8,20,22-23H,2-6,9-19H2,1H3/b8-7+. The Morgan fingerprint density at radius 1 is 0.880 bits per heavy atom. The van der Waals surface area contributed by atoms with Gasteiger partial charge in [0.25, 0.3) is 0 Å². The lowest BCUT2D eigenvalue weighted by Gasteiger charge is -2.08. The van der Waals surface area contributed by atoms with Gasteiger partial charge in [-0.15, -0.1) is 0 Å². The zero-order valence-corrected chi connectivity index (χ0v) is 16.3. The van der Waals surface area contributed by atoms with Crippen molar-refractivity contribution in [2.75, 3.05) is 13.2 Å². The van der Waals surface area contributed by atoms with Crippen molar-refractivity contribution < 1.29 is 19.7 Å². The van der Waals surface area contributed by atoms with Gasteiger partial charge >= 0.3 is 5.97 Å². The molecule has 0 fully saturated rings. The van der Waals surface area contributed by atoms with Gasteiger partial charge in [-0.1, -0.05) is 70.4 Å². The lowest BCUT2D eigenvalue weighted by molar-refractivity contribution is -0.147. The van der Waals surface area contributed by atoms with Crippen molar-refractivity contribution in [1.82, 2.24) is 0 Å². The Morgan fingerprint density at radius 2 is 1.40 bits per heavy atom. The Bertz CT molecular complexity index is 315. The summed E-state index contributed by atoms with van der Waals surface area (Å²) in [5.41, 5.74) is 0. The van der Waals surface area contributed by atoms with Crippen LogP contribution in [0.3, 0.4) is 0 Å². The van der Waals surface area contributed by atoms with Crippen LogP contribution < -0.4 is 0 Å². The Morgan fingerprint density at radius 3 is 1.96 bits per heavy atom. The number of unbranched alkanes of at least 4 members (excludes halogenated alkanes) is 11. The van der Waals surface area contributed by atoms with Gasteiger partial charge in [0.2, 0.25) is 0 Å². The summed E-state index contributed by atoms with van der Waals surface area (Å²) < 4.78 is 4.86. The number of esters is 1. The van der Waals surface area contributed by atoms with Crippen molar-refractivity contribution in [2.45, 2.75) is 103 Å². The minimum Gasteiger partial charge on any atom is -0.463 e. The average molecular weight is 357 g/mol. The molecule has 0 rings (SSSR count). The second-order valence-electron chi connectivity index (χ2n) is 6.85. The van der Waals surface area contributed by atoms with Gasteiger partial charge in [0, 0.05) is 6.42 Å². The van der Waals surface area contributed by atoms with Gasteiger partial charge in [0.15, 0.2) is 0 Å². The summed E-state index contributed by atoms with van der Waals surface area (Å²) in [4.78, 5) is 11.4. The van der Waals surface area contributed by atoms with Crippen LogP contribution in [0.25, 0.3) is 0 Å². The predicted octanol–water partition coefficient (Wildman–Crippen LogP) is 4.92. The summed E-state index contributed by atoms with van der Waals surface area (Å²) in [7, 11) is 0. The molecule has 4 nitrogen and oxygen atoms in total. The first-order valence-corrected chi connectivity index (χ1v) is 10.3. The molecule has 25 heavy (non-hydrogen) atoms. The molecule has 2 N–H and O–H groups in total. The van der Waals surface area contributed by atoms with Gasteiger partial charge in [-0.3, -0.25) is 4.79 Å². The zero-order valence-electron chi connectivity index (χ0n) is 16.3. The molecule has 0 aliphatic carbocycles. The number of ether oxygens (including phenoxy) is 1. The van der Waals surface area contributed by atoms with E-state index in [-0.39, 0.29) is 19.2 Å². The molecule has 4 heteroatoms. The molecular formula is C21H40O4. The highest BCUT2D eigenvalue weighted by molar-refractivity contribution is 5.69. The van der Waals surface area contributed by atoms with Crippen molar-refractivity contribution >= 4 is 5.97 Å². The van der Waals surface area contributed by atoms with E-state index >= 15 is 0 Å². The SMILES string of the molecule is CCCCCC/C=C/CCCCCCCCCC(=O)OCC(O)CO. The van der Waals surface area contributed by atoms with Crippen molar-refractivity contribution in [2.24, 2.45) is 0 Å². The summed E-state index contributed by atoms with van der Waals surface area (Å²) in [5.74, 6) is -0.283. The third kappa shape index (κ3) is 19.3. The van der Waals surface area contributed by atoms with Crippen LogP contribution in [-0.2, 0) is 9.53 Å². The third-order valence-electron chi connectivity index (χ3n) is 4.29. The molecule has 0 amide bonds. The fraction of sp³-hybridized carbons (Fsp3) is 0.857. The molecule has 0 aliphatic heterocycles. The van der Waals surface area contributed by atoms with Crippen molar-refractivity contribution in [3.8, 4) is 0 Å². The van der Waals surface area contributed by atoms with Crippen molar-refractivity contribution in [1.29, 1.82) is 0 Å². The lowest BCUT2D eigenvalue weighted by Crippen LogP contribution is -2.21. The van der Waals surface area contributed by atoms with Crippen LogP contribution in [0.15, 0.2) is 12.2 Å². The summed E-state index contributed by atoms with van der Waals surface area (Å²) in [6.07, 6.45) is 20.1.